The number of carboxylic acid groups (broad SMARTS) is 1. The van der Waals surface area contributed by atoms with Crippen LogP contribution in [0.4, 0.5) is 0 Å². The first-order chi connectivity index (χ1) is 4.80. The number of fused-ring (bicyclic) bond motifs is 1. The highest BCUT2D eigenvalue weighted by molar-refractivity contribution is 5.74. The van der Waals surface area contributed by atoms with E-state index in [0.29, 0.717) is 11.8 Å². The molecule has 0 aromatic rings. The van der Waals surface area contributed by atoms with E-state index >= 15 is 0 Å². The molecule has 2 rings (SSSR count). The van der Waals surface area contributed by atoms with E-state index in [4.69, 9.17) is 5.11 Å². The molecule has 10 heavy (non-hydrogen) atoms. The third-order valence-corrected chi connectivity index (χ3v) is 2.65. The standard InChI is InChI=1S/C7H11NO2/c9-7(10)6-4-1-2-8-3-5(4)6/h4-6,8H,1-3H2,(H,9,10)/t4-,5+,6-/m1/s1. The highest BCUT2D eigenvalue weighted by Crippen LogP contribution is 2.49. The van der Waals surface area contributed by atoms with E-state index in [2.05, 4.69) is 5.32 Å². The lowest BCUT2D eigenvalue weighted by atomic mass is 10.2. The van der Waals surface area contributed by atoms with Gasteiger partial charge in [-0.05, 0) is 31.3 Å². The van der Waals surface area contributed by atoms with Crippen molar-refractivity contribution in [3.63, 3.8) is 0 Å². The van der Waals surface area contributed by atoms with E-state index in [1.807, 2.05) is 0 Å². The van der Waals surface area contributed by atoms with E-state index in [9.17, 15) is 4.79 Å². The summed E-state index contributed by atoms with van der Waals surface area (Å²) < 4.78 is 0. The van der Waals surface area contributed by atoms with Crippen molar-refractivity contribution in [2.24, 2.45) is 17.8 Å². The SMILES string of the molecule is O=C(O)[C@@H]1[C@@H]2CCNC[C@@H]21. The first-order valence-corrected chi connectivity index (χ1v) is 3.74. The minimum atomic E-state index is -0.598. The van der Waals surface area contributed by atoms with Crippen molar-refractivity contribution in [1.29, 1.82) is 0 Å². The van der Waals surface area contributed by atoms with Crippen LogP contribution in [0.5, 0.6) is 0 Å². The molecule has 0 radical (unpaired) electrons. The summed E-state index contributed by atoms with van der Waals surface area (Å²) in [5.74, 6) is 0.332. The van der Waals surface area contributed by atoms with Gasteiger partial charge in [0, 0.05) is 0 Å². The molecular weight excluding hydrogens is 130 g/mol. The predicted octanol–water partition coefficient (Wildman–Crippen LogP) is -0.0735. The molecule has 3 heteroatoms. The van der Waals surface area contributed by atoms with Gasteiger partial charge in [0.05, 0.1) is 5.92 Å². The van der Waals surface area contributed by atoms with Crippen LogP contribution < -0.4 is 5.32 Å². The maximum Gasteiger partial charge on any atom is 0.307 e. The predicted molar refractivity (Wildman–Crippen MR) is 35.6 cm³/mol. The molecule has 0 bridgehead atoms. The summed E-state index contributed by atoms with van der Waals surface area (Å²) in [5.41, 5.74) is 0. The summed E-state index contributed by atoms with van der Waals surface area (Å²) in [7, 11) is 0. The van der Waals surface area contributed by atoms with Crippen molar-refractivity contribution < 1.29 is 9.90 Å². The third-order valence-electron chi connectivity index (χ3n) is 2.65. The van der Waals surface area contributed by atoms with Gasteiger partial charge < -0.3 is 10.4 Å². The van der Waals surface area contributed by atoms with Gasteiger partial charge in [-0.1, -0.05) is 0 Å². The first-order valence-electron chi connectivity index (χ1n) is 3.74. The Morgan fingerprint density at radius 2 is 2.30 bits per heavy atom. The average molecular weight is 141 g/mol. The minimum absolute atomic E-state index is 0.0185. The third kappa shape index (κ3) is 0.736. The second kappa shape index (κ2) is 1.95. The zero-order valence-electron chi connectivity index (χ0n) is 5.71. The molecule has 0 aromatic heterocycles. The maximum atomic E-state index is 10.5. The Balaban J connectivity index is 1.99. The molecule has 0 unspecified atom stereocenters. The van der Waals surface area contributed by atoms with Crippen LogP contribution in [-0.2, 0) is 4.79 Å². The number of aliphatic carboxylic acids is 1. The summed E-state index contributed by atoms with van der Waals surface area (Å²) in [6.45, 7) is 1.92. The number of piperidine rings is 1. The Hall–Kier alpha value is -0.570. The van der Waals surface area contributed by atoms with Gasteiger partial charge in [0.15, 0.2) is 0 Å². The molecule has 3 atom stereocenters. The Bertz CT molecular complexity index is 157. The zero-order valence-corrected chi connectivity index (χ0v) is 5.71. The van der Waals surface area contributed by atoms with E-state index in [1.165, 1.54) is 0 Å². The minimum Gasteiger partial charge on any atom is -0.481 e. The lowest BCUT2D eigenvalue weighted by Crippen LogP contribution is -2.23. The summed E-state index contributed by atoms with van der Waals surface area (Å²) in [5, 5.41) is 11.9. The Morgan fingerprint density at radius 3 is 2.80 bits per heavy atom. The molecule has 2 N–H and O–H groups in total. The molecular formula is C7H11NO2. The molecule has 3 nitrogen and oxygen atoms in total. The maximum absolute atomic E-state index is 10.5. The molecule has 1 saturated carbocycles. The van der Waals surface area contributed by atoms with Crippen molar-refractivity contribution in [2.45, 2.75) is 6.42 Å². The van der Waals surface area contributed by atoms with Crippen molar-refractivity contribution in [3.05, 3.63) is 0 Å². The van der Waals surface area contributed by atoms with Crippen LogP contribution in [0.15, 0.2) is 0 Å². The van der Waals surface area contributed by atoms with Gasteiger partial charge in [0.2, 0.25) is 0 Å². The van der Waals surface area contributed by atoms with Gasteiger partial charge in [-0.25, -0.2) is 0 Å². The van der Waals surface area contributed by atoms with Crippen LogP contribution in [0.3, 0.4) is 0 Å². The molecule has 1 aliphatic carbocycles. The fourth-order valence-electron chi connectivity index (χ4n) is 2.02. The van der Waals surface area contributed by atoms with Crippen LogP contribution in [0.2, 0.25) is 0 Å². The number of hydrogen-bond donors (Lipinski definition) is 2. The Morgan fingerprint density at radius 1 is 1.50 bits per heavy atom. The van der Waals surface area contributed by atoms with Crippen molar-refractivity contribution in [3.8, 4) is 0 Å². The lowest BCUT2D eigenvalue weighted by Gasteiger charge is -2.07. The summed E-state index contributed by atoms with van der Waals surface area (Å²) in [6.07, 6.45) is 1.06. The molecule has 56 valence electrons. The molecule has 0 spiro atoms. The summed E-state index contributed by atoms with van der Waals surface area (Å²) >= 11 is 0. The van der Waals surface area contributed by atoms with Gasteiger partial charge in [0.25, 0.3) is 0 Å². The Labute approximate surface area is 59.4 Å². The fourth-order valence-corrected chi connectivity index (χ4v) is 2.02. The molecule has 1 aliphatic heterocycles. The second-order valence-electron chi connectivity index (χ2n) is 3.18. The number of nitrogens with one attached hydrogen (secondary N) is 1. The molecule has 2 fully saturated rings. The van der Waals surface area contributed by atoms with Crippen molar-refractivity contribution >= 4 is 5.97 Å². The second-order valence-corrected chi connectivity index (χ2v) is 3.18. The van der Waals surface area contributed by atoms with E-state index in [-0.39, 0.29) is 5.92 Å². The van der Waals surface area contributed by atoms with Crippen molar-refractivity contribution in [1.82, 2.24) is 5.32 Å². The van der Waals surface area contributed by atoms with Crippen LogP contribution in [0, 0.1) is 17.8 Å². The average Bonchev–Trinajstić information content (AvgIpc) is 2.60. The van der Waals surface area contributed by atoms with E-state index in [1.54, 1.807) is 0 Å². The monoisotopic (exact) mass is 141 g/mol. The summed E-state index contributed by atoms with van der Waals surface area (Å²) in [6, 6.07) is 0. The quantitative estimate of drug-likeness (QED) is 0.537. The van der Waals surface area contributed by atoms with Crippen LogP contribution >= 0.6 is 0 Å². The fraction of sp³-hybridized carbons (Fsp3) is 0.857. The number of carboxylic acids is 1. The lowest BCUT2D eigenvalue weighted by molar-refractivity contribution is -0.139. The normalized spacial score (nSPS) is 44.2. The first kappa shape index (κ1) is 6.16. The van der Waals surface area contributed by atoms with Gasteiger partial charge in [-0.2, -0.15) is 0 Å². The molecule has 0 amide bonds. The summed E-state index contributed by atoms with van der Waals surface area (Å²) in [4.78, 5) is 10.5. The molecule has 2 aliphatic rings. The van der Waals surface area contributed by atoms with Gasteiger partial charge in [0.1, 0.15) is 0 Å². The van der Waals surface area contributed by atoms with Gasteiger partial charge >= 0.3 is 5.97 Å². The van der Waals surface area contributed by atoms with Crippen molar-refractivity contribution in [2.75, 3.05) is 13.1 Å². The molecule has 1 heterocycles. The number of carbonyl (C=O) groups is 1. The highest BCUT2D eigenvalue weighted by atomic mass is 16.4. The smallest absolute Gasteiger partial charge is 0.307 e. The Kier molecular flexibility index (Phi) is 1.20. The zero-order chi connectivity index (χ0) is 7.14. The molecule has 0 aromatic carbocycles. The van der Waals surface area contributed by atoms with E-state index in [0.717, 1.165) is 19.5 Å². The van der Waals surface area contributed by atoms with Crippen LogP contribution in [0.25, 0.3) is 0 Å². The van der Waals surface area contributed by atoms with Gasteiger partial charge in [-0.15, -0.1) is 0 Å². The topological polar surface area (TPSA) is 49.3 Å². The molecule has 1 saturated heterocycles. The highest BCUT2D eigenvalue weighted by Gasteiger charge is 2.55. The van der Waals surface area contributed by atoms with Gasteiger partial charge in [-0.3, -0.25) is 4.79 Å². The number of rotatable bonds is 1. The van der Waals surface area contributed by atoms with E-state index < -0.39 is 5.97 Å². The van der Waals surface area contributed by atoms with Crippen LogP contribution in [-0.4, -0.2) is 24.2 Å². The largest absolute Gasteiger partial charge is 0.481 e. The number of hydrogen-bond acceptors (Lipinski definition) is 2. The van der Waals surface area contributed by atoms with Crippen LogP contribution in [0.1, 0.15) is 6.42 Å².